The molecule has 6 heteroatoms. The number of nitrogen functional groups attached to an aromatic ring is 1. The predicted octanol–water partition coefficient (Wildman–Crippen LogP) is 0.807. The first-order valence-electron chi connectivity index (χ1n) is 4.26. The Morgan fingerprint density at radius 3 is 2.87 bits per heavy atom. The molecule has 15 heavy (non-hydrogen) atoms. The molecule has 0 unspecified atom stereocenters. The van der Waals surface area contributed by atoms with Gasteiger partial charge < -0.3 is 5.73 Å². The molecular weight excluding hydrogens is 216 g/mol. The van der Waals surface area contributed by atoms with E-state index in [1.807, 2.05) is 0 Å². The van der Waals surface area contributed by atoms with Crippen molar-refractivity contribution >= 4 is 17.3 Å². The first-order chi connectivity index (χ1) is 7.11. The van der Waals surface area contributed by atoms with Crippen LogP contribution in [0.5, 0.6) is 0 Å². The molecule has 2 aromatic heterocycles. The molecule has 2 rings (SSSR count). The van der Waals surface area contributed by atoms with Crippen molar-refractivity contribution in [1.29, 1.82) is 0 Å². The summed E-state index contributed by atoms with van der Waals surface area (Å²) < 4.78 is 2.89. The number of nitrogens with two attached hydrogens (primary N) is 1. The van der Waals surface area contributed by atoms with Crippen molar-refractivity contribution in [3.8, 4) is 5.82 Å². The van der Waals surface area contributed by atoms with Crippen LogP contribution in [0.2, 0.25) is 5.02 Å². The van der Waals surface area contributed by atoms with E-state index in [1.165, 1.54) is 15.3 Å². The van der Waals surface area contributed by atoms with Gasteiger partial charge in [-0.25, -0.2) is 4.68 Å². The monoisotopic (exact) mass is 224 g/mol. The first kappa shape index (κ1) is 9.79. The second-order valence-corrected chi connectivity index (χ2v) is 3.49. The summed E-state index contributed by atoms with van der Waals surface area (Å²) in [4.78, 5) is 11.6. The second-order valence-electron chi connectivity index (χ2n) is 3.09. The zero-order valence-corrected chi connectivity index (χ0v) is 8.77. The minimum Gasteiger partial charge on any atom is -0.396 e. The molecule has 0 aromatic carbocycles. The van der Waals surface area contributed by atoms with Crippen LogP contribution < -0.4 is 11.3 Å². The van der Waals surface area contributed by atoms with Crippen LogP contribution in [0.15, 0.2) is 29.3 Å². The number of aromatic nitrogens is 3. The van der Waals surface area contributed by atoms with Crippen molar-refractivity contribution in [3.63, 3.8) is 0 Å². The molecule has 2 N–H and O–H groups in total. The zero-order valence-electron chi connectivity index (χ0n) is 8.01. The van der Waals surface area contributed by atoms with Crippen LogP contribution in [0.25, 0.3) is 5.82 Å². The number of hydrogen-bond acceptors (Lipinski definition) is 3. The summed E-state index contributed by atoms with van der Waals surface area (Å²) in [5, 5.41) is 4.12. The number of nitrogens with zero attached hydrogens (tertiary/aromatic N) is 3. The maximum Gasteiger partial charge on any atom is 0.270 e. The summed E-state index contributed by atoms with van der Waals surface area (Å²) in [5.41, 5.74) is 5.89. The van der Waals surface area contributed by atoms with Crippen LogP contribution in [0.1, 0.15) is 0 Å². The molecule has 2 heterocycles. The predicted molar refractivity (Wildman–Crippen MR) is 58.2 cm³/mol. The average molecular weight is 225 g/mol. The molecule has 0 saturated heterocycles. The van der Waals surface area contributed by atoms with E-state index < -0.39 is 0 Å². The topological polar surface area (TPSA) is 65.8 Å². The van der Waals surface area contributed by atoms with Gasteiger partial charge >= 0.3 is 0 Å². The van der Waals surface area contributed by atoms with Gasteiger partial charge in [-0.2, -0.15) is 5.10 Å². The fourth-order valence-electron chi connectivity index (χ4n) is 1.39. The Morgan fingerprint density at radius 2 is 2.27 bits per heavy atom. The molecule has 0 amide bonds. The van der Waals surface area contributed by atoms with E-state index in [0.29, 0.717) is 11.5 Å². The van der Waals surface area contributed by atoms with Gasteiger partial charge in [0, 0.05) is 19.4 Å². The zero-order chi connectivity index (χ0) is 11.0. The van der Waals surface area contributed by atoms with Crippen LogP contribution in [0.3, 0.4) is 0 Å². The van der Waals surface area contributed by atoms with Crippen molar-refractivity contribution < 1.29 is 0 Å². The lowest BCUT2D eigenvalue weighted by Crippen LogP contribution is -2.23. The molecule has 0 saturated carbocycles. The fourth-order valence-corrected chi connectivity index (χ4v) is 1.64. The lowest BCUT2D eigenvalue weighted by atomic mass is 10.4. The van der Waals surface area contributed by atoms with Crippen molar-refractivity contribution in [1.82, 2.24) is 14.3 Å². The van der Waals surface area contributed by atoms with Crippen molar-refractivity contribution in [2.75, 3.05) is 5.73 Å². The van der Waals surface area contributed by atoms with Gasteiger partial charge in [-0.15, -0.1) is 0 Å². The van der Waals surface area contributed by atoms with E-state index in [9.17, 15) is 4.79 Å². The summed E-state index contributed by atoms with van der Waals surface area (Å²) in [6.07, 6.45) is 3.32. The largest absolute Gasteiger partial charge is 0.396 e. The number of halogens is 1. The lowest BCUT2D eigenvalue weighted by Gasteiger charge is -2.11. The van der Waals surface area contributed by atoms with Gasteiger partial charge in [0.2, 0.25) is 0 Å². The Kier molecular flexibility index (Phi) is 2.24. The quantitative estimate of drug-likeness (QED) is 0.780. The van der Waals surface area contributed by atoms with Crippen molar-refractivity contribution in [2.45, 2.75) is 0 Å². The van der Waals surface area contributed by atoms with Gasteiger partial charge in [-0.05, 0) is 12.1 Å². The first-order valence-corrected chi connectivity index (χ1v) is 4.64. The SMILES string of the molecule is Cn1c(-n2cccn2)c(N)cc(Cl)c1=O. The molecular formula is C9H9ClN4O. The molecule has 2 aromatic rings. The highest BCUT2D eigenvalue weighted by molar-refractivity contribution is 6.30. The third-order valence-corrected chi connectivity index (χ3v) is 2.36. The Labute approximate surface area is 90.7 Å². The summed E-state index contributed by atoms with van der Waals surface area (Å²) in [5.74, 6) is 0.509. The van der Waals surface area contributed by atoms with Gasteiger partial charge in [-0.1, -0.05) is 11.6 Å². The van der Waals surface area contributed by atoms with E-state index in [4.69, 9.17) is 17.3 Å². The Morgan fingerprint density at radius 1 is 1.53 bits per heavy atom. The minimum atomic E-state index is -0.295. The number of pyridine rings is 1. The van der Waals surface area contributed by atoms with E-state index in [-0.39, 0.29) is 10.6 Å². The molecule has 78 valence electrons. The van der Waals surface area contributed by atoms with Crippen LogP contribution >= 0.6 is 11.6 Å². The molecule has 0 aliphatic carbocycles. The third-order valence-electron chi connectivity index (χ3n) is 2.09. The van der Waals surface area contributed by atoms with Crippen LogP contribution in [0.4, 0.5) is 5.69 Å². The molecule has 5 nitrogen and oxygen atoms in total. The minimum absolute atomic E-state index is 0.103. The van der Waals surface area contributed by atoms with Crippen molar-refractivity contribution in [3.05, 3.63) is 39.9 Å². The fraction of sp³-hybridized carbons (Fsp3) is 0.111. The smallest absolute Gasteiger partial charge is 0.270 e. The van der Waals surface area contributed by atoms with Gasteiger partial charge in [0.1, 0.15) is 5.02 Å². The van der Waals surface area contributed by atoms with Gasteiger partial charge in [0.15, 0.2) is 5.82 Å². The van der Waals surface area contributed by atoms with Crippen molar-refractivity contribution in [2.24, 2.45) is 7.05 Å². The highest BCUT2D eigenvalue weighted by Gasteiger charge is 2.10. The Bertz CT molecular complexity index is 544. The Hall–Kier alpha value is -1.75. The van der Waals surface area contributed by atoms with Gasteiger partial charge in [-0.3, -0.25) is 9.36 Å². The highest BCUT2D eigenvalue weighted by atomic mass is 35.5. The number of hydrogen-bond donors (Lipinski definition) is 1. The molecule has 0 bridgehead atoms. The van der Waals surface area contributed by atoms with E-state index in [0.717, 1.165) is 0 Å². The molecule has 0 aliphatic heterocycles. The number of rotatable bonds is 1. The highest BCUT2D eigenvalue weighted by Crippen LogP contribution is 2.16. The third kappa shape index (κ3) is 1.50. The van der Waals surface area contributed by atoms with E-state index in [1.54, 1.807) is 25.5 Å². The lowest BCUT2D eigenvalue weighted by molar-refractivity contribution is 0.744. The summed E-state index contributed by atoms with van der Waals surface area (Å²) in [6.45, 7) is 0. The number of anilines is 1. The molecule has 0 radical (unpaired) electrons. The Balaban J connectivity index is 2.78. The summed E-state index contributed by atoms with van der Waals surface area (Å²) in [7, 11) is 1.60. The standard InChI is InChI=1S/C9H9ClN4O/c1-13-8(14-4-2-3-12-14)7(11)5-6(10)9(13)15/h2-5H,11H2,1H3. The summed E-state index contributed by atoms with van der Waals surface area (Å²) >= 11 is 5.71. The van der Waals surface area contributed by atoms with E-state index >= 15 is 0 Å². The van der Waals surface area contributed by atoms with Crippen LogP contribution in [0, 0.1) is 0 Å². The molecule has 0 fully saturated rings. The summed E-state index contributed by atoms with van der Waals surface area (Å²) in [6, 6.07) is 3.18. The van der Waals surface area contributed by atoms with Gasteiger partial charge in [0.25, 0.3) is 5.56 Å². The molecule has 0 atom stereocenters. The maximum atomic E-state index is 11.6. The molecule has 0 spiro atoms. The maximum absolute atomic E-state index is 11.6. The van der Waals surface area contributed by atoms with Crippen LogP contribution in [-0.2, 0) is 7.05 Å². The van der Waals surface area contributed by atoms with Gasteiger partial charge in [0.05, 0.1) is 5.69 Å². The second kappa shape index (κ2) is 3.43. The average Bonchev–Trinajstić information content (AvgIpc) is 2.68. The van der Waals surface area contributed by atoms with E-state index in [2.05, 4.69) is 5.10 Å². The molecule has 0 aliphatic rings. The van der Waals surface area contributed by atoms with Crippen LogP contribution in [-0.4, -0.2) is 14.3 Å². The normalized spacial score (nSPS) is 10.5.